The molecule has 0 bridgehead atoms. The summed E-state index contributed by atoms with van der Waals surface area (Å²) in [6.07, 6.45) is 9.19. The van der Waals surface area contributed by atoms with Gasteiger partial charge in [0.2, 0.25) is 0 Å². The molecule has 3 heteroatoms. The summed E-state index contributed by atoms with van der Waals surface area (Å²) in [5, 5.41) is 19.5. The smallest absolute Gasteiger partial charge is 0.125 e. The van der Waals surface area contributed by atoms with Gasteiger partial charge < -0.3 is 10.2 Å². The first kappa shape index (κ1) is 17.7. The average Bonchev–Trinajstić information content (AvgIpc) is 2.86. The minimum atomic E-state index is -0.446. The highest BCUT2D eigenvalue weighted by Gasteiger charge is 2.59. The van der Waals surface area contributed by atoms with Crippen LogP contribution in [-0.4, -0.2) is 22.9 Å². The van der Waals surface area contributed by atoms with Gasteiger partial charge in [0, 0.05) is 0 Å². The summed E-state index contributed by atoms with van der Waals surface area (Å²) in [7, 11) is 0. The van der Waals surface area contributed by atoms with Crippen LogP contribution in [0.15, 0.2) is 23.0 Å². The SMILES string of the molecule is CC1C/C(=C(\F)CO)C2(C)CCC3C(CC=C4CC(O)CCC43C)C12. The first-order chi connectivity index (χ1) is 11.8. The fraction of sp³-hybridized carbons (Fsp3) is 0.818. The molecule has 0 heterocycles. The second kappa shape index (κ2) is 5.92. The quantitative estimate of drug-likeness (QED) is 0.670. The van der Waals surface area contributed by atoms with Crippen molar-refractivity contribution in [3.05, 3.63) is 23.0 Å². The summed E-state index contributed by atoms with van der Waals surface area (Å²) < 4.78 is 14.4. The number of aliphatic hydroxyl groups excluding tert-OH is 2. The molecule has 25 heavy (non-hydrogen) atoms. The number of hydrogen-bond acceptors (Lipinski definition) is 2. The van der Waals surface area contributed by atoms with E-state index in [0.29, 0.717) is 23.7 Å². The Labute approximate surface area is 151 Å². The van der Waals surface area contributed by atoms with E-state index in [1.54, 1.807) is 0 Å². The highest BCUT2D eigenvalue weighted by molar-refractivity contribution is 5.31. The Morgan fingerprint density at radius 2 is 1.92 bits per heavy atom. The van der Waals surface area contributed by atoms with Gasteiger partial charge in [-0.25, -0.2) is 4.39 Å². The van der Waals surface area contributed by atoms with Gasteiger partial charge in [0.1, 0.15) is 5.83 Å². The lowest BCUT2D eigenvalue weighted by Crippen LogP contribution is -2.50. The molecular weight excluding hydrogens is 315 g/mol. The monoisotopic (exact) mass is 348 g/mol. The maximum atomic E-state index is 14.4. The number of hydrogen-bond donors (Lipinski definition) is 2. The van der Waals surface area contributed by atoms with Crippen molar-refractivity contribution in [3.63, 3.8) is 0 Å². The molecule has 0 aromatic carbocycles. The van der Waals surface area contributed by atoms with Crippen LogP contribution in [0.2, 0.25) is 0 Å². The highest BCUT2D eigenvalue weighted by Crippen LogP contribution is 2.67. The fourth-order valence-corrected chi connectivity index (χ4v) is 7.50. The molecule has 2 nitrogen and oxygen atoms in total. The minimum Gasteiger partial charge on any atom is -0.393 e. The van der Waals surface area contributed by atoms with Crippen molar-refractivity contribution in [2.24, 2.45) is 34.5 Å². The molecule has 0 saturated heterocycles. The third kappa shape index (κ3) is 2.41. The number of allylic oxidation sites excluding steroid dienone is 2. The van der Waals surface area contributed by atoms with E-state index in [2.05, 4.69) is 26.8 Å². The normalized spacial score (nSPS) is 51.3. The molecular formula is C22H33FO2. The molecule has 140 valence electrons. The van der Waals surface area contributed by atoms with Crippen LogP contribution in [0.1, 0.15) is 65.7 Å². The Bertz CT molecular complexity index is 624. The topological polar surface area (TPSA) is 40.5 Å². The molecule has 7 atom stereocenters. The summed E-state index contributed by atoms with van der Waals surface area (Å²) in [6, 6.07) is 0. The van der Waals surface area contributed by atoms with E-state index in [1.807, 2.05) is 0 Å². The van der Waals surface area contributed by atoms with Crippen molar-refractivity contribution in [3.8, 4) is 0 Å². The Balaban J connectivity index is 1.72. The van der Waals surface area contributed by atoms with Gasteiger partial charge in [-0.2, -0.15) is 0 Å². The van der Waals surface area contributed by atoms with E-state index in [9.17, 15) is 14.6 Å². The van der Waals surface area contributed by atoms with Crippen LogP contribution in [0.5, 0.6) is 0 Å². The number of fused-ring (bicyclic) bond motifs is 5. The second-order valence-electron chi connectivity index (χ2n) is 9.75. The van der Waals surface area contributed by atoms with Gasteiger partial charge in [0.05, 0.1) is 12.7 Å². The lowest BCUT2D eigenvalue weighted by Gasteiger charge is -2.58. The van der Waals surface area contributed by atoms with Gasteiger partial charge in [-0.3, -0.25) is 0 Å². The number of halogens is 1. The van der Waals surface area contributed by atoms with Crippen LogP contribution in [0.25, 0.3) is 0 Å². The molecule has 2 N–H and O–H groups in total. The molecule has 0 amide bonds. The number of rotatable bonds is 1. The second-order valence-corrected chi connectivity index (χ2v) is 9.75. The van der Waals surface area contributed by atoms with Crippen molar-refractivity contribution < 1.29 is 14.6 Å². The Kier molecular flexibility index (Phi) is 4.20. The van der Waals surface area contributed by atoms with E-state index in [1.165, 1.54) is 5.57 Å². The van der Waals surface area contributed by atoms with E-state index in [-0.39, 0.29) is 22.8 Å². The molecule has 0 aliphatic heterocycles. The van der Waals surface area contributed by atoms with Gasteiger partial charge in [-0.15, -0.1) is 0 Å². The van der Waals surface area contributed by atoms with Crippen molar-refractivity contribution in [1.82, 2.24) is 0 Å². The molecule has 4 rings (SSSR count). The molecule has 4 aliphatic rings. The summed E-state index contributed by atoms with van der Waals surface area (Å²) in [6.45, 7) is 6.52. The standard InChI is InChI=1S/C22H33FO2/c1-13-10-18(19(23)12-24)22(3)9-7-17-16(20(13)22)5-4-14-11-15(25)6-8-21(14,17)2/h4,13,15-17,20,24-25H,5-12H2,1-3H3/b19-18+. The first-order valence-electron chi connectivity index (χ1n) is 10.2. The first-order valence-corrected chi connectivity index (χ1v) is 10.2. The molecule has 4 aliphatic carbocycles. The molecule has 0 spiro atoms. The number of aliphatic hydroxyl groups is 2. The zero-order valence-electron chi connectivity index (χ0n) is 15.9. The summed E-state index contributed by atoms with van der Waals surface area (Å²) in [5.74, 6) is 2.01. The zero-order valence-corrected chi connectivity index (χ0v) is 15.9. The van der Waals surface area contributed by atoms with Crippen LogP contribution in [-0.2, 0) is 0 Å². The predicted molar refractivity (Wildman–Crippen MR) is 97.5 cm³/mol. The maximum Gasteiger partial charge on any atom is 0.125 e. The fourth-order valence-electron chi connectivity index (χ4n) is 7.50. The van der Waals surface area contributed by atoms with Gasteiger partial charge in [0.15, 0.2) is 0 Å². The van der Waals surface area contributed by atoms with E-state index in [4.69, 9.17) is 0 Å². The third-order valence-corrected chi connectivity index (χ3v) is 8.62. The molecule has 0 aromatic heterocycles. The lowest BCUT2D eigenvalue weighted by molar-refractivity contribution is -0.0394. The Morgan fingerprint density at radius 1 is 1.20 bits per heavy atom. The van der Waals surface area contributed by atoms with E-state index < -0.39 is 6.61 Å². The Hall–Kier alpha value is -0.670. The van der Waals surface area contributed by atoms with Gasteiger partial charge in [-0.1, -0.05) is 32.4 Å². The maximum absolute atomic E-state index is 14.4. The van der Waals surface area contributed by atoms with Crippen molar-refractivity contribution in [2.75, 3.05) is 6.61 Å². The largest absolute Gasteiger partial charge is 0.393 e. The molecule has 7 unspecified atom stereocenters. The molecule has 0 aromatic rings. The summed E-state index contributed by atoms with van der Waals surface area (Å²) in [5.41, 5.74) is 2.54. The van der Waals surface area contributed by atoms with Crippen LogP contribution < -0.4 is 0 Å². The summed E-state index contributed by atoms with van der Waals surface area (Å²) in [4.78, 5) is 0. The predicted octanol–water partition coefficient (Wildman–Crippen LogP) is 4.77. The molecule has 3 saturated carbocycles. The highest BCUT2D eigenvalue weighted by atomic mass is 19.1. The van der Waals surface area contributed by atoms with Crippen LogP contribution >= 0.6 is 0 Å². The Morgan fingerprint density at radius 3 is 2.64 bits per heavy atom. The van der Waals surface area contributed by atoms with Crippen molar-refractivity contribution in [1.29, 1.82) is 0 Å². The van der Waals surface area contributed by atoms with Crippen molar-refractivity contribution >= 4 is 0 Å². The van der Waals surface area contributed by atoms with E-state index >= 15 is 0 Å². The van der Waals surface area contributed by atoms with Crippen molar-refractivity contribution in [2.45, 2.75) is 71.8 Å². The minimum absolute atomic E-state index is 0.0801. The summed E-state index contributed by atoms with van der Waals surface area (Å²) >= 11 is 0. The van der Waals surface area contributed by atoms with Gasteiger partial charge >= 0.3 is 0 Å². The average molecular weight is 349 g/mol. The van der Waals surface area contributed by atoms with E-state index in [0.717, 1.165) is 50.5 Å². The third-order valence-electron chi connectivity index (χ3n) is 8.62. The van der Waals surface area contributed by atoms with Gasteiger partial charge in [-0.05, 0) is 85.0 Å². The van der Waals surface area contributed by atoms with Crippen LogP contribution in [0.3, 0.4) is 0 Å². The zero-order chi connectivity index (χ0) is 18.0. The lowest BCUT2D eigenvalue weighted by atomic mass is 9.47. The molecule has 0 radical (unpaired) electrons. The van der Waals surface area contributed by atoms with Gasteiger partial charge in [0.25, 0.3) is 0 Å². The molecule has 3 fully saturated rings. The van der Waals surface area contributed by atoms with Crippen LogP contribution in [0.4, 0.5) is 4.39 Å². The van der Waals surface area contributed by atoms with Crippen LogP contribution in [0, 0.1) is 34.5 Å².